The third-order valence-corrected chi connectivity index (χ3v) is 10.7. The summed E-state index contributed by atoms with van der Waals surface area (Å²) in [4.78, 5) is 17.8. The molecule has 2 aliphatic rings. The van der Waals surface area contributed by atoms with E-state index in [9.17, 15) is 17.6 Å². The first kappa shape index (κ1) is 32.7. The van der Waals surface area contributed by atoms with Crippen LogP contribution in [-0.4, -0.2) is 69.1 Å². The van der Waals surface area contributed by atoms with Gasteiger partial charge in [0.05, 0.1) is 10.0 Å². The summed E-state index contributed by atoms with van der Waals surface area (Å²) in [5, 5.41) is 1.05. The van der Waals surface area contributed by atoms with Crippen LogP contribution in [0.1, 0.15) is 36.8 Å². The molecule has 0 N–H and O–H groups in total. The number of benzene rings is 3. The maximum absolute atomic E-state index is 13.5. The van der Waals surface area contributed by atoms with Crippen LogP contribution in [-0.2, 0) is 25.5 Å². The lowest BCUT2D eigenvalue weighted by Crippen LogP contribution is -2.49. The van der Waals surface area contributed by atoms with Crippen molar-refractivity contribution in [2.24, 2.45) is 5.92 Å². The van der Waals surface area contributed by atoms with Gasteiger partial charge >= 0.3 is 16.1 Å². The number of nitrogens with zero attached hydrogens (tertiary/aromatic N) is 2. The fraction of sp³-hybridized carbons (Fsp3) is 0.424. The fourth-order valence-electron chi connectivity index (χ4n) is 5.97. The van der Waals surface area contributed by atoms with Crippen molar-refractivity contribution in [1.82, 2.24) is 9.80 Å². The number of likely N-dealkylation sites (tertiary alicyclic amines) is 2. The molecule has 0 saturated carbocycles. The molecule has 0 aliphatic carbocycles. The van der Waals surface area contributed by atoms with E-state index in [-0.39, 0.29) is 23.2 Å². The second-order valence-electron chi connectivity index (χ2n) is 11.6. The number of halogens is 3. The number of carbonyl (C=O) groups is 1. The van der Waals surface area contributed by atoms with Crippen molar-refractivity contribution < 1.29 is 26.5 Å². The lowest BCUT2D eigenvalue weighted by atomic mass is 9.93. The molecule has 2 heterocycles. The Labute approximate surface area is 269 Å². The predicted octanol–water partition coefficient (Wildman–Crippen LogP) is 6.54. The first-order chi connectivity index (χ1) is 21.1. The van der Waals surface area contributed by atoms with E-state index in [0.717, 1.165) is 62.2 Å². The Hall–Kier alpha value is -2.69. The minimum absolute atomic E-state index is 0.0751. The maximum Gasteiger partial charge on any atom is 0.341 e. The first-order valence-electron chi connectivity index (χ1n) is 14.9. The zero-order valence-corrected chi connectivity index (χ0v) is 27.0. The fourth-order valence-corrected chi connectivity index (χ4v) is 7.24. The number of rotatable bonds is 10. The van der Waals surface area contributed by atoms with Crippen LogP contribution in [0.5, 0.6) is 5.75 Å². The molecule has 2 fully saturated rings. The van der Waals surface area contributed by atoms with Crippen LogP contribution in [0.4, 0.5) is 4.39 Å². The van der Waals surface area contributed by atoms with Crippen LogP contribution in [0.15, 0.2) is 71.6 Å². The van der Waals surface area contributed by atoms with Gasteiger partial charge in [-0.25, -0.2) is 9.18 Å². The molecule has 0 unspecified atom stereocenters. The van der Waals surface area contributed by atoms with Gasteiger partial charge in [0.1, 0.15) is 28.6 Å². The molecular weight excluding hydrogens is 626 g/mol. The van der Waals surface area contributed by atoms with Crippen LogP contribution >= 0.6 is 23.2 Å². The van der Waals surface area contributed by atoms with Crippen molar-refractivity contribution in [3.05, 3.63) is 93.7 Å². The second-order valence-corrected chi connectivity index (χ2v) is 13.9. The number of hydrogen-bond donors (Lipinski definition) is 0. The maximum atomic E-state index is 13.5. The van der Waals surface area contributed by atoms with E-state index in [1.165, 1.54) is 24.3 Å². The summed E-state index contributed by atoms with van der Waals surface area (Å²) in [5.41, 5.74) is 1.58. The number of piperidine rings is 2. The van der Waals surface area contributed by atoms with Crippen molar-refractivity contribution in [3.8, 4) is 5.75 Å². The van der Waals surface area contributed by atoms with Gasteiger partial charge in [-0.15, -0.1) is 0 Å². The van der Waals surface area contributed by atoms with Crippen molar-refractivity contribution in [2.75, 3.05) is 32.7 Å². The van der Waals surface area contributed by atoms with Gasteiger partial charge in [0.25, 0.3) is 0 Å². The molecule has 0 spiro atoms. The van der Waals surface area contributed by atoms with E-state index in [0.29, 0.717) is 29.1 Å². The van der Waals surface area contributed by atoms with Crippen LogP contribution in [0, 0.1) is 18.7 Å². The Morgan fingerprint density at radius 2 is 1.59 bits per heavy atom. The zero-order valence-electron chi connectivity index (χ0n) is 24.6. The van der Waals surface area contributed by atoms with Crippen LogP contribution in [0.3, 0.4) is 0 Å². The van der Waals surface area contributed by atoms with Gasteiger partial charge in [-0.2, -0.15) is 8.42 Å². The Kier molecular flexibility index (Phi) is 10.9. The minimum atomic E-state index is -4.27. The van der Waals surface area contributed by atoms with E-state index in [1.807, 2.05) is 17.9 Å². The van der Waals surface area contributed by atoms with Crippen LogP contribution < -0.4 is 4.74 Å². The highest BCUT2D eigenvalue weighted by Crippen LogP contribution is 2.34. The smallest absolute Gasteiger partial charge is 0.341 e. The minimum Gasteiger partial charge on any atom is -0.490 e. The topological polar surface area (TPSA) is 76.2 Å². The summed E-state index contributed by atoms with van der Waals surface area (Å²) in [6, 6.07) is 16.4. The Morgan fingerprint density at radius 3 is 2.25 bits per heavy atom. The van der Waals surface area contributed by atoms with Crippen molar-refractivity contribution >= 4 is 39.3 Å². The Bertz CT molecular complexity index is 1530. The van der Waals surface area contributed by atoms with E-state index in [4.69, 9.17) is 32.1 Å². The van der Waals surface area contributed by atoms with Crippen LogP contribution in [0.2, 0.25) is 10.0 Å². The molecular formula is C33H37Cl2FN2O5S. The average molecular weight is 664 g/mol. The molecule has 3 aromatic carbocycles. The Balaban J connectivity index is 1.16. The summed E-state index contributed by atoms with van der Waals surface area (Å²) in [7, 11) is -4.27. The highest BCUT2D eigenvalue weighted by molar-refractivity contribution is 7.87. The SMILES string of the molecule is Cc1c(OC2CCN(CC3CCN([C@@H](Cc4ccc(F)cc4)C(=O)OS(=O)(=O)c4ccccc4)CC3)CC2)ccc(Cl)c1Cl. The lowest BCUT2D eigenvalue weighted by Gasteiger charge is -2.39. The van der Waals surface area contributed by atoms with Gasteiger partial charge in [-0.05, 0) is 100.0 Å². The molecule has 0 bridgehead atoms. The molecule has 0 amide bonds. The molecule has 2 aliphatic heterocycles. The summed E-state index contributed by atoms with van der Waals surface area (Å²) in [6.07, 6.45) is 3.92. The monoisotopic (exact) mass is 662 g/mol. The van der Waals surface area contributed by atoms with Crippen molar-refractivity contribution in [3.63, 3.8) is 0 Å². The van der Waals surface area contributed by atoms with E-state index in [1.54, 1.807) is 36.4 Å². The lowest BCUT2D eigenvalue weighted by molar-refractivity contribution is -0.140. The quantitative estimate of drug-likeness (QED) is 0.228. The van der Waals surface area contributed by atoms with Crippen molar-refractivity contribution in [1.29, 1.82) is 0 Å². The van der Waals surface area contributed by atoms with E-state index < -0.39 is 22.1 Å². The molecule has 1 atom stereocenters. The van der Waals surface area contributed by atoms with Gasteiger partial charge in [0.2, 0.25) is 0 Å². The number of carbonyl (C=O) groups excluding carboxylic acids is 1. The standard InChI is InChI=1S/C33H37Cl2FN2O5S/c1-23-31(12-11-29(34)32(23)35)42-27-15-17-37(18-16-27)22-25-13-19-38(20-14-25)30(21-24-7-9-26(36)10-8-24)33(39)43-44(40,41)28-5-3-2-4-6-28/h2-12,25,27,30H,13-22H2,1H3/t30-/m0/s1. The number of ether oxygens (including phenoxy) is 1. The molecule has 3 aromatic rings. The average Bonchev–Trinajstić information content (AvgIpc) is 3.02. The molecule has 0 aromatic heterocycles. The third-order valence-electron chi connectivity index (χ3n) is 8.56. The van der Waals surface area contributed by atoms with Crippen molar-refractivity contribution in [2.45, 2.75) is 56.1 Å². The van der Waals surface area contributed by atoms with Gasteiger partial charge in [0.15, 0.2) is 0 Å². The molecule has 44 heavy (non-hydrogen) atoms. The molecule has 0 radical (unpaired) electrons. The van der Waals surface area contributed by atoms with Gasteiger partial charge in [-0.3, -0.25) is 4.90 Å². The third kappa shape index (κ3) is 8.31. The molecule has 2 saturated heterocycles. The molecule has 236 valence electrons. The highest BCUT2D eigenvalue weighted by Gasteiger charge is 2.35. The first-order valence-corrected chi connectivity index (χ1v) is 17.1. The summed E-state index contributed by atoms with van der Waals surface area (Å²) in [6.45, 7) is 6.00. The predicted molar refractivity (Wildman–Crippen MR) is 169 cm³/mol. The summed E-state index contributed by atoms with van der Waals surface area (Å²) in [5.74, 6) is 0.0310. The molecule has 7 nitrogen and oxygen atoms in total. The van der Waals surface area contributed by atoms with E-state index in [2.05, 4.69) is 4.90 Å². The normalized spacial score (nSPS) is 18.2. The molecule has 11 heteroatoms. The Morgan fingerprint density at radius 1 is 0.932 bits per heavy atom. The van der Waals surface area contributed by atoms with Crippen LogP contribution in [0.25, 0.3) is 0 Å². The van der Waals surface area contributed by atoms with Gasteiger partial charge in [-0.1, -0.05) is 53.5 Å². The number of hydrogen-bond acceptors (Lipinski definition) is 7. The molecule has 5 rings (SSSR count). The van der Waals surface area contributed by atoms with Gasteiger partial charge < -0.3 is 13.8 Å². The highest BCUT2D eigenvalue weighted by atomic mass is 35.5. The summed E-state index contributed by atoms with van der Waals surface area (Å²) < 4.78 is 50.6. The largest absolute Gasteiger partial charge is 0.490 e. The van der Waals surface area contributed by atoms with E-state index >= 15 is 0 Å². The van der Waals surface area contributed by atoms with Gasteiger partial charge in [0, 0.05) is 25.2 Å². The second kappa shape index (κ2) is 14.6. The summed E-state index contributed by atoms with van der Waals surface area (Å²) >= 11 is 12.4. The zero-order chi connectivity index (χ0) is 31.3.